The molecule has 2 nitrogen and oxygen atoms in total. The normalized spacial score (nSPS) is 22.4. The summed E-state index contributed by atoms with van der Waals surface area (Å²) in [5.74, 6) is 1.31. The van der Waals surface area contributed by atoms with Crippen LogP contribution >= 0.6 is 11.8 Å². The Morgan fingerprint density at radius 3 is 3.00 bits per heavy atom. The minimum absolute atomic E-state index is 0.639. The van der Waals surface area contributed by atoms with E-state index in [1.165, 1.54) is 38.0 Å². The highest BCUT2D eigenvalue weighted by molar-refractivity contribution is 7.98. The zero-order chi connectivity index (χ0) is 9.36. The predicted octanol–water partition coefficient (Wildman–Crippen LogP) is 1.90. The maximum absolute atomic E-state index is 5.29. The van der Waals surface area contributed by atoms with Crippen molar-refractivity contribution in [2.75, 3.05) is 31.8 Å². The van der Waals surface area contributed by atoms with Crippen molar-refractivity contribution >= 4 is 11.8 Å². The first-order valence-electron chi connectivity index (χ1n) is 5.23. The summed E-state index contributed by atoms with van der Waals surface area (Å²) >= 11 is 1.94. The van der Waals surface area contributed by atoms with Gasteiger partial charge in [0.25, 0.3) is 0 Å². The first kappa shape index (κ1) is 11.3. The average Bonchev–Trinajstić information content (AvgIpc) is 2.63. The first-order valence-corrected chi connectivity index (χ1v) is 6.63. The molecule has 1 N–H and O–H groups in total. The molecule has 0 spiro atoms. The molecule has 1 rings (SSSR count). The van der Waals surface area contributed by atoms with E-state index in [-0.39, 0.29) is 0 Å². The summed E-state index contributed by atoms with van der Waals surface area (Å²) in [6.07, 6.45) is 7.42. The van der Waals surface area contributed by atoms with Gasteiger partial charge in [0.05, 0.1) is 6.61 Å². The summed E-state index contributed by atoms with van der Waals surface area (Å²) in [4.78, 5) is 0. The van der Waals surface area contributed by atoms with Crippen molar-refractivity contribution in [3.63, 3.8) is 0 Å². The fraction of sp³-hybridized carbons (Fsp3) is 1.00. The number of hydrogen-bond donors (Lipinski definition) is 1. The molecule has 0 amide bonds. The zero-order valence-electron chi connectivity index (χ0n) is 8.55. The van der Waals surface area contributed by atoms with Gasteiger partial charge in [0.1, 0.15) is 0 Å². The Labute approximate surface area is 85.8 Å². The third-order valence-corrected chi connectivity index (χ3v) is 3.08. The van der Waals surface area contributed by atoms with Gasteiger partial charge in [0.2, 0.25) is 0 Å². The predicted molar refractivity (Wildman–Crippen MR) is 59.5 cm³/mol. The lowest BCUT2D eigenvalue weighted by Crippen LogP contribution is -2.29. The second kappa shape index (κ2) is 7.65. The van der Waals surface area contributed by atoms with Crippen molar-refractivity contribution < 1.29 is 4.74 Å². The number of thioether (sulfide) groups is 1. The van der Waals surface area contributed by atoms with Crippen LogP contribution in [-0.4, -0.2) is 37.8 Å². The van der Waals surface area contributed by atoms with Crippen molar-refractivity contribution in [3.8, 4) is 0 Å². The van der Waals surface area contributed by atoms with Crippen molar-refractivity contribution in [2.45, 2.75) is 31.7 Å². The molecule has 1 atom stereocenters. The van der Waals surface area contributed by atoms with E-state index in [9.17, 15) is 0 Å². The molecule has 3 heteroatoms. The molecule has 13 heavy (non-hydrogen) atoms. The van der Waals surface area contributed by atoms with Gasteiger partial charge in [-0.1, -0.05) is 6.42 Å². The lowest BCUT2D eigenvalue weighted by Gasteiger charge is -2.09. The highest BCUT2D eigenvalue weighted by Gasteiger charge is 2.13. The van der Waals surface area contributed by atoms with Crippen LogP contribution in [0.3, 0.4) is 0 Å². The molecule has 1 fully saturated rings. The monoisotopic (exact) mass is 203 g/mol. The van der Waals surface area contributed by atoms with E-state index >= 15 is 0 Å². The second-order valence-corrected chi connectivity index (χ2v) is 4.55. The van der Waals surface area contributed by atoms with E-state index in [1.54, 1.807) is 0 Å². The molecule has 78 valence electrons. The minimum atomic E-state index is 0.639. The van der Waals surface area contributed by atoms with Crippen LogP contribution in [0.25, 0.3) is 0 Å². The second-order valence-electron chi connectivity index (χ2n) is 3.57. The van der Waals surface area contributed by atoms with Crippen LogP contribution in [0, 0.1) is 0 Å². The van der Waals surface area contributed by atoms with Crippen molar-refractivity contribution in [2.24, 2.45) is 0 Å². The lowest BCUT2D eigenvalue weighted by molar-refractivity contribution is 0.190. The molecule has 1 heterocycles. The van der Waals surface area contributed by atoms with Crippen LogP contribution in [0.1, 0.15) is 25.7 Å². The third kappa shape index (κ3) is 5.55. The summed E-state index contributed by atoms with van der Waals surface area (Å²) in [6.45, 7) is 3.04. The number of rotatable bonds is 7. The van der Waals surface area contributed by atoms with E-state index in [4.69, 9.17) is 4.74 Å². The van der Waals surface area contributed by atoms with Gasteiger partial charge in [-0.25, -0.2) is 0 Å². The molecule has 0 aliphatic carbocycles. The maximum Gasteiger partial charge on any atom is 0.0620 e. The molecular formula is C10H21NOS. The minimum Gasteiger partial charge on any atom is -0.380 e. The molecule has 0 aromatic heterocycles. The molecule has 1 aliphatic heterocycles. The van der Waals surface area contributed by atoms with Crippen LogP contribution in [0.2, 0.25) is 0 Å². The Bertz CT molecular complexity index is 115. The zero-order valence-corrected chi connectivity index (χ0v) is 9.37. The Kier molecular flexibility index (Phi) is 6.68. The van der Waals surface area contributed by atoms with E-state index in [0.29, 0.717) is 6.04 Å². The van der Waals surface area contributed by atoms with Crippen molar-refractivity contribution in [1.82, 2.24) is 5.32 Å². The van der Waals surface area contributed by atoms with Crippen LogP contribution in [0.5, 0.6) is 0 Å². The fourth-order valence-corrected chi connectivity index (χ4v) is 2.04. The Morgan fingerprint density at radius 1 is 1.38 bits per heavy atom. The summed E-state index contributed by atoms with van der Waals surface area (Å²) in [5.41, 5.74) is 0. The van der Waals surface area contributed by atoms with Crippen LogP contribution in [0.4, 0.5) is 0 Å². The molecule has 1 saturated heterocycles. The van der Waals surface area contributed by atoms with E-state index in [2.05, 4.69) is 11.6 Å². The summed E-state index contributed by atoms with van der Waals surface area (Å²) in [6, 6.07) is 0.639. The van der Waals surface area contributed by atoms with Gasteiger partial charge in [-0.2, -0.15) is 11.8 Å². The smallest absolute Gasteiger partial charge is 0.0620 e. The highest BCUT2D eigenvalue weighted by Crippen LogP contribution is 2.04. The quantitative estimate of drug-likeness (QED) is 0.639. The SMILES string of the molecule is CSCCCCCNC1CCOC1. The van der Waals surface area contributed by atoms with Gasteiger partial charge < -0.3 is 10.1 Å². The molecule has 1 aliphatic rings. The van der Waals surface area contributed by atoms with E-state index < -0.39 is 0 Å². The Balaban J connectivity index is 1.78. The van der Waals surface area contributed by atoms with Crippen molar-refractivity contribution in [3.05, 3.63) is 0 Å². The standard InChI is InChI=1S/C10H21NOS/c1-13-8-4-2-3-6-11-10-5-7-12-9-10/h10-11H,2-9H2,1H3. The first-order chi connectivity index (χ1) is 6.43. The number of nitrogens with one attached hydrogen (secondary N) is 1. The molecule has 0 radical (unpaired) electrons. The number of ether oxygens (including phenoxy) is 1. The van der Waals surface area contributed by atoms with Crippen LogP contribution < -0.4 is 5.32 Å². The third-order valence-electron chi connectivity index (χ3n) is 2.39. The molecular weight excluding hydrogens is 182 g/mol. The largest absolute Gasteiger partial charge is 0.380 e. The summed E-state index contributed by atoms with van der Waals surface area (Å²) in [7, 11) is 0. The van der Waals surface area contributed by atoms with Gasteiger partial charge in [0, 0.05) is 12.6 Å². The van der Waals surface area contributed by atoms with Gasteiger partial charge >= 0.3 is 0 Å². The molecule has 0 bridgehead atoms. The maximum atomic E-state index is 5.29. The topological polar surface area (TPSA) is 21.3 Å². The van der Waals surface area contributed by atoms with E-state index in [0.717, 1.165) is 13.2 Å². The Morgan fingerprint density at radius 2 is 2.31 bits per heavy atom. The van der Waals surface area contributed by atoms with Gasteiger partial charge in [-0.3, -0.25) is 0 Å². The molecule has 0 aromatic carbocycles. The highest BCUT2D eigenvalue weighted by atomic mass is 32.2. The van der Waals surface area contributed by atoms with Crippen LogP contribution in [-0.2, 0) is 4.74 Å². The Hall–Kier alpha value is 0.270. The summed E-state index contributed by atoms with van der Waals surface area (Å²) in [5, 5.41) is 3.53. The summed E-state index contributed by atoms with van der Waals surface area (Å²) < 4.78 is 5.29. The molecule has 1 unspecified atom stereocenters. The number of unbranched alkanes of at least 4 members (excludes halogenated alkanes) is 2. The average molecular weight is 203 g/mol. The van der Waals surface area contributed by atoms with E-state index in [1.807, 2.05) is 11.8 Å². The molecule has 0 saturated carbocycles. The van der Waals surface area contributed by atoms with Crippen LogP contribution in [0.15, 0.2) is 0 Å². The molecule has 0 aromatic rings. The fourth-order valence-electron chi connectivity index (χ4n) is 1.55. The lowest BCUT2D eigenvalue weighted by atomic mass is 10.2. The number of hydrogen-bond acceptors (Lipinski definition) is 3. The van der Waals surface area contributed by atoms with Crippen molar-refractivity contribution in [1.29, 1.82) is 0 Å². The van der Waals surface area contributed by atoms with Gasteiger partial charge in [-0.05, 0) is 37.8 Å². The van der Waals surface area contributed by atoms with Gasteiger partial charge in [-0.15, -0.1) is 0 Å². The van der Waals surface area contributed by atoms with Gasteiger partial charge in [0.15, 0.2) is 0 Å².